The zero-order valence-electron chi connectivity index (χ0n) is 26.9. The van der Waals surface area contributed by atoms with Crippen LogP contribution in [0.2, 0.25) is 5.15 Å². The number of benzene rings is 4. The van der Waals surface area contributed by atoms with Crippen LogP contribution < -0.4 is 14.4 Å². The Bertz CT molecular complexity index is 1740. The fraction of sp³-hybridized carbons (Fsp3) is 0.237. The first kappa shape index (κ1) is 33.8. The van der Waals surface area contributed by atoms with Crippen LogP contribution in [0.5, 0.6) is 11.5 Å². The van der Waals surface area contributed by atoms with Crippen LogP contribution >= 0.6 is 23.4 Å². The van der Waals surface area contributed by atoms with E-state index in [0.717, 1.165) is 29.9 Å². The largest absolute Gasteiger partial charge is 0.493 e. The summed E-state index contributed by atoms with van der Waals surface area (Å²) in [6, 6.07) is 36.2. The summed E-state index contributed by atoms with van der Waals surface area (Å²) in [6.07, 6.45) is 1.59. The predicted molar refractivity (Wildman–Crippen MR) is 191 cm³/mol. The zero-order valence-corrected chi connectivity index (χ0v) is 28.5. The van der Waals surface area contributed by atoms with Gasteiger partial charge in [0, 0.05) is 44.1 Å². The molecule has 0 aliphatic heterocycles. The molecule has 5 rings (SSSR count). The number of hydrogen-bond acceptors (Lipinski definition) is 7. The molecule has 0 N–H and O–H groups in total. The average Bonchev–Trinajstić information content (AvgIpc) is 3.11. The Balaban J connectivity index is 1.20. The molecular weight excluding hydrogens is 628 g/mol. The summed E-state index contributed by atoms with van der Waals surface area (Å²) >= 11 is 8.05. The van der Waals surface area contributed by atoms with E-state index in [1.54, 1.807) is 19.1 Å². The first-order valence-electron chi connectivity index (χ1n) is 15.5. The van der Waals surface area contributed by atoms with Gasteiger partial charge in [-0.15, -0.1) is 0 Å². The highest BCUT2D eigenvalue weighted by atomic mass is 35.5. The molecule has 0 bridgehead atoms. The van der Waals surface area contributed by atoms with Crippen molar-refractivity contribution in [3.05, 3.63) is 142 Å². The van der Waals surface area contributed by atoms with Gasteiger partial charge >= 0.3 is 0 Å². The van der Waals surface area contributed by atoms with E-state index < -0.39 is 0 Å². The SMILES string of the molecule is COc1ccc(CCN(C)C(=O)c2ccc(CSc3nc(Cl)cc(N(CCc4ccccc4)Cc4ccccc4)n3)cc2)cc1OC. The Morgan fingerprint density at radius 1 is 0.723 bits per heavy atom. The summed E-state index contributed by atoms with van der Waals surface area (Å²) < 4.78 is 10.7. The number of anilines is 1. The standard InChI is InChI=1S/C38H39ClN4O3S/c1-42(22-20-29-16-19-33(45-2)34(24-29)46-3)37(44)32-17-14-31(15-18-32)27-47-38-40-35(39)25-36(41-38)43(26-30-12-8-5-9-13-30)23-21-28-10-6-4-7-11-28/h4-19,24-25H,20-23,26-27H2,1-3H3. The van der Waals surface area contributed by atoms with Crippen LogP contribution in [0.25, 0.3) is 0 Å². The van der Waals surface area contributed by atoms with E-state index in [1.165, 1.54) is 22.9 Å². The van der Waals surface area contributed by atoms with Gasteiger partial charge in [0.1, 0.15) is 11.0 Å². The van der Waals surface area contributed by atoms with Gasteiger partial charge in [0.05, 0.1) is 14.2 Å². The maximum atomic E-state index is 13.1. The number of carbonyl (C=O) groups excluding carboxylic acids is 1. The molecule has 0 saturated carbocycles. The van der Waals surface area contributed by atoms with E-state index in [2.05, 4.69) is 58.4 Å². The van der Waals surface area contributed by atoms with Crippen LogP contribution in [0, 0.1) is 0 Å². The minimum atomic E-state index is -0.0264. The number of methoxy groups -OCH3 is 2. The number of hydrogen-bond donors (Lipinski definition) is 0. The molecule has 0 aliphatic rings. The van der Waals surface area contributed by atoms with Crippen molar-refractivity contribution in [2.24, 2.45) is 0 Å². The molecule has 0 atom stereocenters. The summed E-state index contributed by atoms with van der Waals surface area (Å²) in [5.41, 5.74) is 5.25. The predicted octanol–water partition coefficient (Wildman–Crippen LogP) is 8.00. The monoisotopic (exact) mass is 666 g/mol. The number of carbonyl (C=O) groups is 1. The fourth-order valence-electron chi connectivity index (χ4n) is 5.15. The molecular formula is C38H39ClN4O3S. The summed E-state index contributed by atoms with van der Waals surface area (Å²) in [5, 5.41) is 1.02. The van der Waals surface area contributed by atoms with Gasteiger partial charge in [-0.2, -0.15) is 0 Å². The van der Waals surface area contributed by atoms with Crippen molar-refractivity contribution in [1.29, 1.82) is 0 Å². The molecule has 0 radical (unpaired) electrons. The van der Waals surface area contributed by atoms with Gasteiger partial charge in [-0.3, -0.25) is 4.79 Å². The number of nitrogens with zero attached hydrogens (tertiary/aromatic N) is 4. The lowest BCUT2D eigenvalue weighted by Gasteiger charge is -2.24. The van der Waals surface area contributed by atoms with Gasteiger partial charge < -0.3 is 19.3 Å². The average molecular weight is 667 g/mol. The Labute approximate surface area is 286 Å². The van der Waals surface area contributed by atoms with E-state index in [-0.39, 0.29) is 5.91 Å². The van der Waals surface area contributed by atoms with E-state index in [1.807, 2.05) is 67.7 Å². The number of amides is 1. The quantitative estimate of drug-likeness (QED) is 0.0637. The second-order valence-corrected chi connectivity index (χ2v) is 12.5. The summed E-state index contributed by atoms with van der Waals surface area (Å²) in [5.74, 6) is 2.78. The maximum absolute atomic E-state index is 13.1. The molecule has 1 heterocycles. The second kappa shape index (κ2) is 16.9. The van der Waals surface area contributed by atoms with Crippen molar-refractivity contribution in [2.75, 3.05) is 39.3 Å². The summed E-state index contributed by atoms with van der Waals surface area (Å²) in [4.78, 5) is 26.5. The van der Waals surface area contributed by atoms with Gasteiger partial charge in [-0.1, -0.05) is 102 Å². The van der Waals surface area contributed by atoms with Crippen LogP contribution in [-0.4, -0.2) is 55.1 Å². The Kier molecular flexibility index (Phi) is 12.1. The summed E-state index contributed by atoms with van der Waals surface area (Å²) in [6.45, 7) is 2.07. The van der Waals surface area contributed by atoms with E-state index in [0.29, 0.717) is 52.6 Å². The molecule has 0 saturated heterocycles. The minimum absolute atomic E-state index is 0.0264. The number of aromatic nitrogens is 2. The second-order valence-electron chi connectivity index (χ2n) is 11.1. The number of thioether (sulfide) groups is 1. The maximum Gasteiger partial charge on any atom is 0.253 e. The lowest BCUT2D eigenvalue weighted by Crippen LogP contribution is -2.28. The molecule has 5 aromatic rings. The molecule has 0 spiro atoms. The summed E-state index contributed by atoms with van der Waals surface area (Å²) in [7, 11) is 5.06. The Morgan fingerprint density at radius 3 is 2.04 bits per heavy atom. The molecule has 1 aromatic heterocycles. The third-order valence-corrected chi connectivity index (χ3v) is 8.93. The van der Waals surface area contributed by atoms with E-state index in [4.69, 9.17) is 26.1 Å². The fourth-order valence-corrected chi connectivity index (χ4v) is 6.18. The highest BCUT2D eigenvalue weighted by Gasteiger charge is 2.15. The van der Waals surface area contributed by atoms with Crippen molar-refractivity contribution in [3.63, 3.8) is 0 Å². The highest BCUT2D eigenvalue weighted by molar-refractivity contribution is 7.98. The van der Waals surface area contributed by atoms with Crippen molar-refractivity contribution < 1.29 is 14.3 Å². The van der Waals surface area contributed by atoms with E-state index in [9.17, 15) is 4.79 Å². The van der Waals surface area contributed by atoms with Gasteiger partial charge in [0.2, 0.25) is 0 Å². The molecule has 47 heavy (non-hydrogen) atoms. The van der Waals surface area contributed by atoms with Gasteiger partial charge in [0.15, 0.2) is 16.7 Å². The first-order chi connectivity index (χ1) is 22.9. The lowest BCUT2D eigenvalue weighted by atomic mass is 10.1. The normalized spacial score (nSPS) is 10.8. The lowest BCUT2D eigenvalue weighted by molar-refractivity contribution is 0.0796. The van der Waals surface area contributed by atoms with Crippen LogP contribution in [0.1, 0.15) is 32.6 Å². The van der Waals surface area contributed by atoms with Crippen molar-refractivity contribution in [3.8, 4) is 11.5 Å². The minimum Gasteiger partial charge on any atom is -0.493 e. The van der Waals surface area contributed by atoms with Gasteiger partial charge in [0.25, 0.3) is 5.91 Å². The Hall–Kier alpha value is -4.53. The van der Waals surface area contributed by atoms with Crippen LogP contribution in [0.3, 0.4) is 0 Å². The topological polar surface area (TPSA) is 67.8 Å². The molecule has 242 valence electrons. The van der Waals surface area contributed by atoms with Gasteiger partial charge in [-0.25, -0.2) is 9.97 Å². The van der Waals surface area contributed by atoms with Crippen molar-refractivity contribution in [1.82, 2.24) is 14.9 Å². The highest BCUT2D eigenvalue weighted by Crippen LogP contribution is 2.28. The molecule has 4 aromatic carbocycles. The molecule has 7 nitrogen and oxygen atoms in total. The number of likely N-dealkylation sites (N-methyl/N-ethyl adjacent to an activating group) is 1. The van der Waals surface area contributed by atoms with Crippen molar-refractivity contribution >= 4 is 35.1 Å². The van der Waals surface area contributed by atoms with Crippen molar-refractivity contribution in [2.45, 2.75) is 30.3 Å². The van der Waals surface area contributed by atoms with Crippen LogP contribution in [0.4, 0.5) is 5.82 Å². The molecule has 0 fully saturated rings. The zero-order chi connectivity index (χ0) is 33.0. The molecule has 1 amide bonds. The van der Waals surface area contributed by atoms with Crippen LogP contribution in [-0.2, 0) is 25.1 Å². The van der Waals surface area contributed by atoms with E-state index >= 15 is 0 Å². The Morgan fingerprint density at radius 2 is 1.36 bits per heavy atom. The third-order valence-electron chi connectivity index (χ3n) is 7.81. The molecule has 9 heteroatoms. The molecule has 0 unspecified atom stereocenters. The number of halogens is 1. The smallest absolute Gasteiger partial charge is 0.253 e. The van der Waals surface area contributed by atoms with Crippen LogP contribution in [0.15, 0.2) is 114 Å². The third kappa shape index (κ3) is 9.73. The molecule has 0 aliphatic carbocycles. The number of rotatable bonds is 15. The number of ether oxygens (including phenoxy) is 2. The first-order valence-corrected chi connectivity index (χ1v) is 16.8. The van der Waals surface area contributed by atoms with Gasteiger partial charge in [-0.05, 0) is 59.4 Å².